The normalized spacial score (nSPS) is 10.8. The number of nitrogens with zero attached hydrogens (tertiary/aromatic N) is 1. The van der Waals surface area contributed by atoms with Crippen LogP contribution < -0.4 is 5.73 Å². The molecule has 0 aliphatic rings. The van der Waals surface area contributed by atoms with Crippen LogP contribution in [0.5, 0.6) is 0 Å². The van der Waals surface area contributed by atoms with Gasteiger partial charge in [-0.25, -0.2) is 0 Å². The average Bonchev–Trinajstić information content (AvgIpc) is 2.96. The second-order valence-electron chi connectivity index (χ2n) is 4.14. The van der Waals surface area contributed by atoms with Crippen LogP contribution in [-0.2, 0) is 0 Å². The lowest BCUT2D eigenvalue weighted by Gasteiger charge is -2.04. The molecule has 0 radical (unpaired) electrons. The van der Waals surface area contributed by atoms with Crippen LogP contribution in [0, 0.1) is 6.92 Å². The zero-order chi connectivity index (χ0) is 13.4. The summed E-state index contributed by atoms with van der Waals surface area (Å²) in [6.45, 7) is 1.88. The number of aromatic nitrogens is 1. The number of nitrogen functional groups attached to an aromatic ring is 1. The molecule has 3 rings (SSSR count). The molecule has 0 aliphatic carbocycles. The minimum Gasteiger partial charge on any atom is -0.469 e. The molecule has 0 bridgehead atoms. The molecule has 0 amide bonds. The first kappa shape index (κ1) is 12.0. The lowest BCUT2D eigenvalue weighted by atomic mass is 10.0. The van der Waals surface area contributed by atoms with Gasteiger partial charge in [0.2, 0.25) is 5.88 Å². The number of halogens is 1. The van der Waals surface area contributed by atoms with Gasteiger partial charge in [0.15, 0.2) is 0 Å². The van der Waals surface area contributed by atoms with Crippen LogP contribution in [0.4, 0.5) is 5.88 Å². The molecule has 0 aliphatic heterocycles. The van der Waals surface area contributed by atoms with E-state index in [0.717, 1.165) is 26.9 Å². The van der Waals surface area contributed by atoms with Gasteiger partial charge in [0.25, 0.3) is 0 Å². The van der Waals surface area contributed by atoms with Gasteiger partial charge in [0.05, 0.1) is 11.8 Å². The van der Waals surface area contributed by atoms with E-state index in [-0.39, 0.29) is 0 Å². The van der Waals surface area contributed by atoms with Crippen LogP contribution in [0.3, 0.4) is 0 Å². The van der Waals surface area contributed by atoms with Gasteiger partial charge in [-0.3, -0.25) is 0 Å². The molecule has 0 atom stereocenters. The van der Waals surface area contributed by atoms with E-state index in [1.54, 1.807) is 6.26 Å². The molecule has 0 fully saturated rings. The van der Waals surface area contributed by atoms with E-state index < -0.39 is 0 Å². The molecular formula is C14H11BrN2O2. The number of anilines is 1. The highest BCUT2D eigenvalue weighted by molar-refractivity contribution is 9.10. The van der Waals surface area contributed by atoms with Gasteiger partial charge in [-0.15, -0.1) is 0 Å². The molecule has 0 saturated heterocycles. The summed E-state index contributed by atoms with van der Waals surface area (Å²) in [6.07, 6.45) is 1.62. The van der Waals surface area contributed by atoms with Crippen LogP contribution >= 0.6 is 15.9 Å². The molecule has 2 aromatic heterocycles. The molecule has 19 heavy (non-hydrogen) atoms. The fourth-order valence-corrected chi connectivity index (χ4v) is 2.52. The highest BCUT2D eigenvalue weighted by atomic mass is 79.9. The Bertz CT molecular complexity index is 731. The van der Waals surface area contributed by atoms with Gasteiger partial charge >= 0.3 is 0 Å². The molecule has 0 saturated carbocycles. The Balaban J connectivity index is 2.26. The maximum atomic E-state index is 5.92. The lowest BCUT2D eigenvalue weighted by molar-refractivity contribution is 0.439. The van der Waals surface area contributed by atoms with Gasteiger partial charge in [0, 0.05) is 15.6 Å². The van der Waals surface area contributed by atoms with E-state index in [4.69, 9.17) is 14.7 Å². The van der Waals surface area contributed by atoms with Crippen molar-refractivity contribution in [1.29, 1.82) is 0 Å². The van der Waals surface area contributed by atoms with Gasteiger partial charge in [-0.05, 0) is 19.1 Å². The van der Waals surface area contributed by atoms with Crippen molar-refractivity contribution in [3.63, 3.8) is 0 Å². The molecule has 96 valence electrons. The Morgan fingerprint density at radius 1 is 1.16 bits per heavy atom. The Morgan fingerprint density at radius 2 is 1.95 bits per heavy atom. The van der Waals surface area contributed by atoms with Crippen LogP contribution in [0.15, 0.2) is 50.0 Å². The maximum Gasteiger partial charge on any atom is 0.230 e. The molecule has 5 heteroatoms. The summed E-state index contributed by atoms with van der Waals surface area (Å²) >= 11 is 3.52. The first-order valence-corrected chi connectivity index (χ1v) is 6.52. The molecule has 3 aromatic rings. The highest BCUT2D eigenvalue weighted by Crippen LogP contribution is 2.40. The van der Waals surface area contributed by atoms with E-state index in [2.05, 4.69) is 21.1 Å². The van der Waals surface area contributed by atoms with Gasteiger partial charge in [-0.2, -0.15) is 0 Å². The summed E-state index contributed by atoms with van der Waals surface area (Å²) in [5.74, 6) is 1.07. The van der Waals surface area contributed by atoms with Crippen molar-refractivity contribution in [1.82, 2.24) is 5.16 Å². The number of nitrogens with two attached hydrogens (primary N) is 1. The quantitative estimate of drug-likeness (QED) is 0.766. The molecule has 1 aromatic carbocycles. The summed E-state index contributed by atoms with van der Waals surface area (Å²) in [5.41, 5.74) is 9.21. The lowest BCUT2D eigenvalue weighted by Crippen LogP contribution is -1.88. The third kappa shape index (κ3) is 1.96. The Morgan fingerprint density at radius 3 is 2.63 bits per heavy atom. The van der Waals surface area contributed by atoms with Crippen molar-refractivity contribution in [3.8, 4) is 22.4 Å². The number of hydrogen-bond donors (Lipinski definition) is 1. The zero-order valence-electron chi connectivity index (χ0n) is 10.2. The minimum absolute atomic E-state index is 0.294. The average molecular weight is 319 g/mol. The Kier molecular flexibility index (Phi) is 2.91. The van der Waals surface area contributed by atoms with Crippen LogP contribution in [0.2, 0.25) is 0 Å². The van der Waals surface area contributed by atoms with Crippen molar-refractivity contribution in [2.75, 3.05) is 5.73 Å². The minimum atomic E-state index is 0.294. The number of furan rings is 1. The zero-order valence-corrected chi connectivity index (χ0v) is 11.8. The monoisotopic (exact) mass is 318 g/mol. The highest BCUT2D eigenvalue weighted by Gasteiger charge is 2.21. The van der Waals surface area contributed by atoms with Crippen molar-refractivity contribution < 1.29 is 8.94 Å². The second-order valence-corrected chi connectivity index (χ2v) is 5.00. The molecule has 2 N–H and O–H groups in total. The van der Waals surface area contributed by atoms with E-state index >= 15 is 0 Å². The molecule has 4 nitrogen and oxygen atoms in total. The number of aryl methyl sites for hydroxylation is 1. The summed E-state index contributed by atoms with van der Waals surface area (Å²) in [5, 5.41) is 4.06. The summed E-state index contributed by atoms with van der Waals surface area (Å²) < 4.78 is 11.4. The Labute approximate surface area is 118 Å². The second kappa shape index (κ2) is 4.59. The largest absolute Gasteiger partial charge is 0.469 e. The van der Waals surface area contributed by atoms with Crippen molar-refractivity contribution in [2.24, 2.45) is 0 Å². The first-order chi connectivity index (χ1) is 9.18. The standard InChI is InChI=1S/C14H11BrN2O2/c1-8-9(6-7-18-8)13-12(14(16)19-17-13)10-4-2-3-5-11(10)15/h2-7H,16H2,1H3. The number of hydrogen-bond acceptors (Lipinski definition) is 4. The topological polar surface area (TPSA) is 65.2 Å². The number of benzene rings is 1. The first-order valence-electron chi connectivity index (χ1n) is 5.73. The summed E-state index contributed by atoms with van der Waals surface area (Å²) in [6, 6.07) is 9.66. The van der Waals surface area contributed by atoms with Crippen LogP contribution in [-0.4, -0.2) is 5.16 Å². The third-order valence-corrected chi connectivity index (χ3v) is 3.67. The number of rotatable bonds is 2. The fraction of sp³-hybridized carbons (Fsp3) is 0.0714. The Hall–Kier alpha value is -2.01. The SMILES string of the molecule is Cc1occc1-c1noc(N)c1-c1ccccc1Br. The third-order valence-electron chi connectivity index (χ3n) is 2.98. The predicted octanol–water partition coefficient (Wildman–Crippen LogP) is 4.25. The summed E-state index contributed by atoms with van der Waals surface area (Å²) in [4.78, 5) is 0. The molecular weight excluding hydrogens is 308 g/mol. The van der Waals surface area contributed by atoms with Crippen LogP contribution in [0.1, 0.15) is 5.76 Å². The summed E-state index contributed by atoms with van der Waals surface area (Å²) in [7, 11) is 0. The van der Waals surface area contributed by atoms with Gasteiger partial charge in [0.1, 0.15) is 11.5 Å². The molecule has 0 spiro atoms. The van der Waals surface area contributed by atoms with Gasteiger partial charge in [-0.1, -0.05) is 39.3 Å². The van der Waals surface area contributed by atoms with E-state index in [9.17, 15) is 0 Å². The van der Waals surface area contributed by atoms with E-state index in [1.165, 1.54) is 0 Å². The van der Waals surface area contributed by atoms with Crippen molar-refractivity contribution >= 4 is 21.8 Å². The predicted molar refractivity (Wildman–Crippen MR) is 76.5 cm³/mol. The van der Waals surface area contributed by atoms with E-state index in [1.807, 2.05) is 37.3 Å². The molecule has 2 heterocycles. The smallest absolute Gasteiger partial charge is 0.230 e. The van der Waals surface area contributed by atoms with Crippen molar-refractivity contribution in [2.45, 2.75) is 6.92 Å². The van der Waals surface area contributed by atoms with Gasteiger partial charge < -0.3 is 14.7 Å². The van der Waals surface area contributed by atoms with Crippen molar-refractivity contribution in [3.05, 3.63) is 46.8 Å². The molecule has 0 unspecified atom stereocenters. The fourth-order valence-electron chi connectivity index (χ4n) is 2.04. The maximum absolute atomic E-state index is 5.92. The van der Waals surface area contributed by atoms with E-state index in [0.29, 0.717) is 11.6 Å². The van der Waals surface area contributed by atoms with Crippen LogP contribution in [0.25, 0.3) is 22.4 Å².